The van der Waals surface area contributed by atoms with Crippen LogP contribution in [0.15, 0.2) is 39.3 Å². The number of ether oxygens (including phenoxy) is 2. The summed E-state index contributed by atoms with van der Waals surface area (Å²) in [5, 5.41) is 12.9. The van der Waals surface area contributed by atoms with Crippen molar-refractivity contribution >= 4 is 39.8 Å². The third kappa shape index (κ3) is 4.25. The van der Waals surface area contributed by atoms with Crippen LogP contribution in [0.3, 0.4) is 0 Å². The van der Waals surface area contributed by atoms with E-state index in [1.165, 1.54) is 11.3 Å². The van der Waals surface area contributed by atoms with E-state index >= 15 is 0 Å². The van der Waals surface area contributed by atoms with Crippen molar-refractivity contribution in [2.24, 2.45) is 0 Å². The highest BCUT2D eigenvalue weighted by Crippen LogP contribution is 2.39. The Kier molecular flexibility index (Phi) is 5.52. The van der Waals surface area contributed by atoms with Crippen molar-refractivity contribution in [2.45, 2.75) is 23.1 Å². The number of hydrogen-bond acceptors (Lipinski definition) is 8. The fraction of sp³-hybridized carbons (Fsp3) is 0.294. The van der Waals surface area contributed by atoms with Crippen LogP contribution < -0.4 is 14.8 Å². The molecule has 0 atom stereocenters. The number of furan rings is 1. The largest absolute Gasteiger partial charge is 0.489 e. The topological polar surface area (TPSA) is 69.4 Å². The van der Waals surface area contributed by atoms with Crippen molar-refractivity contribution in [3.8, 4) is 11.5 Å². The number of anilines is 1. The van der Waals surface area contributed by atoms with Crippen LogP contribution in [0.4, 0.5) is 5.13 Å². The monoisotopic (exact) mass is 409 g/mol. The average Bonchev–Trinajstić information content (AvgIpc) is 3.26. The van der Waals surface area contributed by atoms with Crippen molar-refractivity contribution < 1.29 is 13.9 Å². The number of rotatable bonds is 6. The molecule has 136 valence electrons. The molecule has 2 aromatic heterocycles. The van der Waals surface area contributed by atoms with Crippen molar-refractivity contribution in [1.82, 2.24) is 10.2 Å². The molecule has 0 unspecified atom stereocenters. The zero-order valence-electron chi connectivity index (χ0n) is 13.7. The van der Waals surface area contributed by atoms with E-state index in [-0.39, 0.29) is 0 Å². The Balaban J connectivity index is 1.37. The van der Waals surface area contributed by atoms with Gasteiger partial charge in [-0.15, -0.1) is 10.2 Å². The number of benzene rings is 1. The zero-order valence-corrected chi connectivity index (χ0v) is 16.1. The standard InChI is InChI=1S/C17H16ClN3O3S2/c18-13-7-11(8-14-15(13)24-6-2-5-23-14)10-25-17-21-20-16(26-17)19-9-12-3-1-4-22-12/h1,3-4,7-8H,2,5-6,9-10H2,(H,19,20). The summed E-state index contributed by atoms with van der Waals surface area (Å²) in [5.74, 6) is 2.93. The summed E-state index contributed by atoms with van der Waals surface area (Å²) in [6.45, 7) is 1.85. The smallest absolute Gasteiger partial charge is 0.206 e. The maximum atomic E-state index is 6.34. The lowest BCUT2D eigenvalue weighted by Gasteiger charge is -2.11. The first-order chi connectivity index (χ1) is 12.8. The van der Waals surface area contributed by atoms with Gasteiger partial charge < -0.3 is 19.2 Å². The minimum absolute atomic E-state index is 0.582. The third-order valence-electron chi connectivity index (χ3n) is 3.62. The molecule has 1 N–H and O–H groups in total. The molecule has 1 aromatic carbocycles. The first kappa shape index (κ1) is 17.5. The van der Waals surface area contributed by atoms with Crippen molar-refractivity contribution in [3.63, 3.8) is 0 Å². The molecule has 3 heterocycles. The molecule has 0 amide bonds. The molecule has 26 heavy (non-hydrogen) atoms. The quantitative estimate of drug-likeness (QED) is 0.583. The minimum Gasteiger partial charge on any atom is -0.489 e. The van der Waals surface area contributed by atoms with E-state index in [4.69, 9.17) is 25.5 Å². The summed E-state index contributed by atoms with van der Waals surface area (Å²) in [4.78, 5) is 0. The molecule has 4 rings (SSSR count). The van der Waals surface area contributed by atoms with Crippen LogP contribution in [-0.2, 0) is 12.3 Å². The van der Waals surface area contributed by atoms with Crippen LogP contribution in [0.1, 0.15) is 17.7 Å². The zero-order chi connectivity index (χ0) is 17.8. The van der Waals surface area contributed by atoms with E-state index in [0.717, 1.165) is 33.0 Å². The van der Waals surface area contributed by atoms with Gasteiger partial charge in [-0.3, -0.25) is 0 Å². The highest BCUT2D eigenvalue weighted by atomic mass is 35.5. The van der Waals surface area contributed by atoms with Crippen molar-refractivity contribution in [1.29, 1.82) is 0 Å². The van der Waals surface area contributed by atoms with E-state index in [2.05, 4.69) is 15.5 Å². The van der Waals surface area contributed by atoms with E-state index < -0.39 is 0 Å². The number of nitrogens with one attached hydrogen (secondary N) is 1. The Morgan fingerprint density at radius 3 is 3.04 bits per heavy atom. The molecule has 1 aliphatic heterocycles. The van der Waals surface area contributed by atoms with Crippen molar-refractivity contribution in [3.05, 3.63) is 46.9 Å². The Labute approximate surface area is 163 Å². The number of thioether (sulfide) groups is 1. The summed E-state index contributed by atoms with van der Waals surface area (Å²) in [6, 6.07) is 7.67. The third-order valence-corrected chi connectivity index (χ3v) is 5.99. The van der Waals surface area contributed by atoms with Gasteiger partial charge in [-0.25, -0.2) is 0 Å². The van der Waals surface area contributed by atoms with Gasteiger partial charge in [0.2, 0.25) is 5.13 Å². The molecule has 0 fully saturated rings. The second kappa shape index (κ2) is 8.20. The van der Waals surface area contributed by atoms with E-state index in [9.17, 15) is 0 Å². The Morgan fingerprint density at radius 1 is 1.23 bits per heavy atom. The molecule has 3 aromatic rings. The lowest BCUT2D eigenvalue weighted by atomic mass is 10.2. The first-order valence-corrected chi connectivity index (χ1v) is 10.3. The van der Waals surface area contributed by atoms with E-state index in [1.54, 1.807) is 18.0 Å². The predicted octanol–water partition coefficient (Wildman–Crippen LogP) is 4.85. The maximum absolute atomic E-state index is 6.34. The lowest BCUT2D eigenvalue weighted by Crippen LogP contribution is -1.97. The van der Waals surface area contributed by atoms with Crippen LogP contribution in [0.25, 0.3) is 0 Å². The summed E-state index contributed by atoms with van der Waals surface area (Å²) < 4.78 is 17.6. The van der Waals surface area contributed by atoms with Crippen LogP contribution in [0.2, 0.25) is 5.02 Å². The number of nitrogens with zero attached hydrogens (tertiary/aromatic N) is 2. The predicted molar refractivity (Wildman–Crippen MR) is 103 cm³/mol. The van der Waals surface area contributed by atoms with Gasteiger partial charge in [0.25, 0.3) is 0 Å². The molecule has 0 saturated heterocycles. The Bertz CT molecular complexity index is 870. The van der Waals surface area contributed by atoms with Gasteiger partial charge in [0.15, 0.2) is 15.8 Å². The second-order valence-electron chi connectivity index (χ2n) is 5.55. The van der Waals surface area contributed by atoms with Gasteiger partial charge in [0, 0.05) is 12.2 Å². The van der Waals surface area contributed by atoms with Crippen LogP contribution in [-0.4, -0.2) is 23.4 Å². The molecule has 0 saturated carbocycles. The maximum Gasteiger partial charge on any atom is 0.206 e. The molecule has 6 nitrogen and oxygen atoms in total. The normalized spacial score (nSPS) is 13.4. The van der Waals surface area contributed by atoms with E-state index in [1.807, 2.05) is 24.3 Å². The Hall–Kier alpha value is -1.90. The molecular weight excluding hydrogens is 394 g/mol. The van der Waals surface area contributed by atoms with Crippen LogP contribution >= 0.6 is 34.7 Å². The molecule has 1 aliphatic rings. The fourth-order valence-electron chi connectivity index (χ4n) is 2.43. The molecule has 0 aliphatic carbocycles. The molecule has 0 radical (unpaired) electrons. The lowest BCUT2D eigenvalue weighted by molar-refractivity contribution is 0.297. The summed E-state index contributed by atoms with van der Waals surface area (Å²) >= 11 is 9.46. The van der Waals surface area contributed by atoms with Gasteiger partial charge in [0.1, 0.15) is 5.76 Å². The highest BCUT2D eigenvalue weighted by Gasteiger charge is 2.16. The highest BCUT2D eigenvalue weighted by molar-refractivity contribution is 8.00. The van der Waals surface area contributed by atoms with Crippen LogP contribution in [0, 0.1) is 0 Å². The average molecular weight is 410 g/mol. The fourth-order valence-corrected chi connectivity index (χ4v) is 4.39. The number of halogens is 1. The summed E-state index contributed by atoms with van der Waals surface area (Å²) in [5.41, 5.74) is 1.06. The van der Waals surface area contributed by atoms with Gasteiger partial charge >= 0.3 is 0 Å². The van der Waals surface area contributed by atoms with Gasteiger partial charge in [0.05, 0.1) is 31.0 Å². The summed E-state index contributed by atoms with van der Waals surface area (Å²) in [6.07, 6.45) is 2.51. The molecule has 9 heteroatoms. The Morgan fingerprint density at radius 2 is 2.15 bits per heavy atom. The number of fused-ring (bicyclic) bond motifs is 1. The van der Waals surface area contributed by atoms with Gasteiger partial charge in [-0.2, -0.15) is 0 Å². The second-order valence-corrected chi connectivity index (χ2v) is 8.16. The SMILES string of the molecule is Clc1cc(CSc2nnc(NCc3ccco3)s2)cc2c1OCCCO2. The van der Waals surface area contributed by atoms with Crippen LogP contribution in [0.5, 0.6) is 11.5 Å². The number of aromatic nitrogens is 2. The molecular formula is C17H16ClN3O3S2. The minimum atomic E-state index is 0.582. The van der Waals surface area contributed by atoms with Gasteiger partial charge in [-0.1, -0.05) is 34.7 Å². The molecule has 0 bridgehead atoms. The molecule has 0 spiro atoms. The first-order valence-electron chi connectivity index (χ1n) is 8.08. The van der Waals surface area contributed by atoms with Gasteiger partial charge in [-0.05, 0) is 29.8 Å². The van der Waals surface area contributed by atoms with Crippen molar-refractivity contribution in [2.75, 3.05) is 18.5 Å². The summed E-state index contributed by atoms with van der Waals surface area (Å²) in [7, 11) is 0. The van der Waals surface area contributed by atoms with E-state index in [0.29, 0.717) is 36.3 Å². The number of hydrogen-bond donors (Lipinski definition) is 1.